The normalized spacial score (nSPS) is 11.4. The minimum atomic E-state index is 0.499. The van der Waals surface area contributed by atoms with Gasteiger partial charge in [-0.15, -0.1) is 0 Å². The van der Waals surface area contributed by atoms with Crippen molar-refractivity contribution in [3.63, 3.8) is 0 Å². The van der Waals surface area contributed by atoms with Crippen LogP contribution < -0.4 is 15.4 Å². The maximum atomic E-state index is 5.45. The fraction of sp³-hybridized carbons (Fsp3) is 0.444. The van der Waals surface area contributed by atoms with Crippen molar-refractivity contribution in [1.29, 1.82) is 0 Å². The SMILES string of the molecule is CCNC(=NCc1ncc(C)c(OC)c1C)NCCc1ccco1. The Morgan fingerprint density at radius 1 is 1.33 bits per heavy atom. The monoisotopic (exact) mass is 330 g/mol. The van der Waals surface area contributed by atoms with Gasteiger partial charge in [-0.25, -0.2) is 4.99 Å². The van der Waals surface area contributed by atoms with Crippen molar-refractivity contribution < 1.29 is 9.15 Å². The van der Waals surface area contributed by atoms with Crippen LogP contribution in [0.5, 0.6) is 5.75 Å². The largest absolute Gasteiger partial charge is 0.496 e. The summed E-state index contributed by atoms with van der Waals surface area (Å²) in [5, 5.41) is 6.55. The quantitative estimate of drug-likeness (QED) is 0.603. The van der Waals surface area contributed by atoms with Gasteiger partial charge in [-0.3, -0.25) is 4.98 Å². The summed E-state index contributed by atoms with van der Waals surface area (Å²) in [7, 11) is 1.68. The Kier molecular flexibility index (Phi) is 6.66. The van der Waals surface area contributed by atoms with Crippen LogP contribution in [0.4, 0.5) is 0 Å². The minimum absolute atomic E-state index is 0.499. The van der Waals surface area contributed by atoms with Crippen LogP contribution in [0.2, 0.25) is 0 Å². The van der Waals surface area contributed by atoms with Crippen molar-refractivity contribution >= 4 is 5.96 Å². The van der Waals surface area contributed by atoms with Gasteiger partial charge >= 0.3 is 0 Å². The van der Waals surface area contributed by atoms with Crippen LogP contribution in [0.15, 0.2) is 34.0 Å². The van der Waals surface area contributed by atoms with Gasteiger partial charge in [0.1, 0.15) is 11.5 Å². The van der Waals surface area contributed by atoms with Gasteiger partial charge in [-0.1, -0.05) is 0 Å². The zero-order valence-electron chi connectivity index (χ0n) is 14.8. The van der Waals surface area contributed by atoms with Crippen LogP contribution in [0.25, 0.3) is 0 Å². The van der Waals surface area contributed by atoms with Gasteiger partial charge in [-0.05, 0) is 32.9 Å². The highest BCUT2D eigenvalue weighted by Crippen LogP contribution is 2.24. The van der Waals surface area contributed by atoms with Crippen LogP contribution in [-0.2, 0) is 13.0 Å². The molecule has 0 bridgehead atoms. The molecule has 0 aliphatic heterocycles. The highest BCUT2D eigenvalue weighted by atomic mass is 16.5. The second-order valence-corrected chi connectivity index (χ2v) is 5.50. The summed E-state index contributed by atoms with van der Waals surface area (Å²) in [6.07, 6.45) is 4.33. The number of pyridine rings is 1. The van der Waals surface area contributed by atoms with Crippen LogP contribution in [0, 0.1) is 13.8 Å². The Balaban J connectivity index is 2.00. The molecular weight excluding hydrogens is 304 g/mol. The second-order valence-electron chi connectivity index (χ2n) is 5.50. The van der Waals surface area contributed by atoms with Crippen molar-refractivity contribution in [3.8, 4) is 5.75 Å². The van der Waals surface area contributed by atoms with Gasteiger partial charge in [0, 0.05) is 36.8 Å². The van der Waals surface area contributed by atoms with E-state index in [4.69, 9.17) is 9.15 Å². The molecule has 6 heteroatoms. The molecule has 0 amide bonds. The van der Waals surface area contributed by atoms with E-state index >= 15 is 0 Å². The van der Waals surface area contributed by atoms with Crippen molar-refractivity contribution in [1.82, 2.24) is 15.6 Å². The maximum Gasteiger partial charge on any atom is 0.191 e. The summed E-state index contributed by atoms with van der Waals surface area (Å²) in [5.74, 6) is 2.61. The molecule has 0 aliphatic rings. The Morgan fingerprint density at radius 3 is 2.83 bits per heavy atom. The number of hydrogen-bond donors (Lipinski definition) is 2. The summed E-state index contributed by atoms with van der Waals surface area (Å²) in [5.41, 5.74) is 2.99. The summed E-state index contributed by atoms with van der Waals surface area (Å²) in [6.45, 7) is 8.10. The molecule has 0 saturated heterocycles. The van der Waals surface area contributed by atoms with Crippen molar-refractivity contribution in [2.24, 2.45) is 4.99 Å². The second kappa shape index (κ2) is 8.96. The van der Waals surface area contributed by atoms with E-state index in [0.717, 1.165) is 53.8 Å². The van der Waals surface area contributed by atoms with Crippen LogP contribution in [0.3, 0.4) is 0 Å². The van der Waals surface area contributed by atoms with Gasteiger partial charge in [0.05, 0.1) is 25.6 Å². The molecule has 130 valence electrons. The first-order valence-corrected chi connectivity index (χ1v) is 8.19. The smallest absolute Gasteiger partial charge is 0.191 e. The molecule has 2 aromatic heterocycles. The molecule has 2 rings (SSSR count). The van der Waals surface area contributed by atoms with E-state index in [-0.39, 0.29) is 0 Å². The van der Waals surface area contributed by atoms with E-state index in [0.29, 0.717) is 6.54 Å². The van der Waals surface area contributed by atoms with Crippen LogP contribution in [-0.4, -0.2) is 31.1 Å². The number of rotatable bonds is 7. The standard InChI is InChI=1S/C18H26N4O2/c1-5-19-18(20-9-8-15-7-6-10-24-15)22-12-16-14(3)17(23-4)13(2)11-21-16/h6-7,10-11H,5,8-9,12H2,1-4H3,(H2,19,20,22). The van der Waals surface area contributed by atoms with Gasteiger partial charge in [-0.2, -0.15) is 0 Å². The lowest BCUT2D eigenvalue weighted by Gasteiger charge is -2.13. The highest BCUT2D eigenvalue weighted by molar-refractivity contribution is 5.79. The molecule has 0 spiro atoms. The third kappa shape index (κ3) is 4.75. The maximum absolute atomic E-state index is 5.45. The predicted molar refractivity (Wildman–Crippen MR) is 95.5 cm³/mol. The van der Waals surface area contributed by atoms with Gasteiger partial charge in [0.2, 0.25) is 0 Å². The molecule has 2 heterocycles. The number of methoxy groups -OCH3 is 1. The molecule has 6 nitrogen and oxygen atoms in total. The first-order valence-electron chi connectivity index (χ1n) is 8.19. The predicted octanol–water partition coefficient (Wildman–Crippen LogP) is 2.60. The van der Waals surface area contributed by atoms with Gasteiger partial charge in [0.15, 0.2) is 5.96 Å². The molecule has 0 radical (unpaired) electrons. The molecule has 0 atom stereocenters. The van der Waals surface area contributed by atoms with E-state index in [1.54, 1.807) is 13.4 Å². The molecule has 0 unspecified atom stereocenters. The first kappa shape index (κ1) is 17.8. The van der Waals surface area contributed by atoms with Crippen molar-refractivity contribution in [3.05, 3.63) is 47.2 Å². The Morgan fingerprint density at radius 2 is 2.17 bits per heavy atom. The molecule has 0 aromatic carbocycles. The van der Waals surface area contributed by atoms with Crippen LogP contribution >= 0.6 is 0 Å². The van der Waals surface area contributed by atoms with E-state index < -0.39 is 0 Å². The number of furan rings is 1. The lowest BCUT2D eigenvalue weighted by Crippen LogP contribution is -2.38. The molecule has 0 aliphatic carbocycles. The first-order chi connectivity index (χ1) is 11.7. The van der Waals surface area contributed by atoms with Crippen molar-refractivity contribution in [2.75, 3.05) is 20.2 Å². The third-order valence-electron chi connectivity index (χ3n) is 3.72. The summed E-state index contributed by atoms with van der Waals surface area (Å²) >= 11 is 0. The van der Waals surface area contributed by atoms with E-state index in [2.05, 4.69) is 20.6 Å². The lowest BCUT2D eigenvalue weighted by atomic mass is 10.1. The summed E-state index contributed by atoms with van der Waals surface area (Å²) < 4.78 is 10.8. The number of ether oxygens (including phenoxy) is 1. The summed E-state index contributed by atoms with van der Waals surface area (Å²) in [6, 6.07) is 3.87. The van der Waals surface area contributed by atoms with Gasteiger partial charge in [0.25, 0.3) is 0 Å². The average molecular weight is 330 g/mol. The fourth-order valence-electron chi connectivity index (χ4n) is 2.49. The molecular formula is C18H26N4O2. The number of hydrogen-bond acceptors (Lipinski definition) is 4. The molecule has 0 fully saturated rings. The number of aromatic nitrogens is 1. The topological polar surface area (TPSA) is 71.7 Å². The number of nitrogens with one attached hydrogen (secondary N) is 2. The average Bonchev–Trinajstić information content (AvgIpc) is 3.08. The molecule has 0 saturated carbocycles. The molecule has 2 aromatic rings. The van der Waals surface area contributed by atoms with Crippen LogP contribution in [0.1, 0.15) is 29.5 Å². The number of aliphatic imine (C=N–C) groups is 1. The number of guanidine groups is 1. The minimum Gasteiger partial charge on any atom is -0.496 e. The van der Waals surface area contributed by atoms with Gasteiger partial charge < -0.3 is 19.8 Å². The van der Waals surface area contributed by atoms with E-state index in [1.165, 1.54) is 0 Å². The Bertz CT molecular complexity index is 666. The number of nitrogens with zero attached hydrogens (tertiary/aromatic N) is 2. The lowest BCUT2D eigenvalue weighted by molar-refractivity contribution is 0.407. The zero-order chi connectivity index (χ0) is 17.4. The Hall–Kier alpha value is -2.50. The highest BCUT2D eigenvalue weighted by Gasteiger charge is 2.09. The Labute approximate surface area is 143 Å². The molecule has 2 N–H and O–H groups in total. The zero-order valence-corrected chi connectivity index (χ0v) is 14.8. The number of aryl methyl sites for hydroxylation is 1. The third-order valence-corrected chi connectivity index (χ3v) is 3.72. The van der Waals surface area contributed by atoms with E-state index in [1.807, 2.05) is 39.1 Å². The van der Waals surface area contributed by atoms with E-state index in [9.17, 15) is 0 Å². The summed E-state index contributed by atoms with van der Waals surface area (Å²) in [4.78, 5) is 9.10. The molecule has 24 heavy (non-hydrogen) atoms. The van der Waals surface area contributed by atoms with Crippen molar-refractivity contribution in [2.45, 2.75) is 33.7 Å². The fourth-order valence-corrected chi connectivity index (χ4v) is 2.49.